The van der Waals surface area contributed by atoms with Crippen molar-refractivity contribution in [3.05, 3.63) is 65.7 Å². The van der Waals surface area contributed by atoms with Crippen molar-refractivity contribution >= 4 is 11.8 Å². The number of hydrogen-bond donors (Lipinski definition) is 3. The van der Waals surface area contributed by atoms with Crippen LogP contribution in [0, 0.1) is 5.92 Å². The van der Waals surface area contributed by atoms with Gasteiger partial charge in [-0.25, -0.2) is 4.79 Å². The van der Waals surface area contributed by atoms with Crippen molar-refractivity contribution in [1.82, 2.24) is 10.6 Å². The molecule has 1 saturated heterocycles. The molecule has 2 aromatic carbocycles. The van der Waals surface area contributed by atoms with Gasteiger partial charge in [0, 0.05) is 5.56 Å². The van der Waals surface area contributed by atoms with E-state index in [0.717, 1.165) is 24.3 Å². The van der Waals surface area contributed by atoms with Gasteiger partial charge in [-0.3, -0.25) is 4.79 Å². The van der Waals surface area contributed by atoms with E-state index >= 15 is 0 Å². The minimum absolute atomic E-state index is 0.0246. The van der Waals surface area contributed by atoms with Gasteiger partial charge in [0.15, 0.2) is 5.78 Å². The molecule has 30 heavy (non-hydrogen) atoms. The Bertz CT molecular complexity index is 921. The van der Waals surface area contributed by atoms with E-state index in [0.29, 0.717) is 0 Å². The SMILES string of the molecule is O=C1N[C@@H](c2ccc(OC(F)F)cc2)[C@H](C(=O)c2ccccc2)[C@@](O)(C(F)(F)F)N1. The third-order valence-corrected chi connectivity index (χ3v) is 4.61. The highest BCUT2D eigenvalue weighted by molar-refractivity contribution is 6.00. The van der Waals surface area contributed by atoms with E-state index in [1.54, 1.807) is 6.07 Å². The van der Waals surface area contributed by atoms with Crippen molar-refractivity contribution in [2.75, 3.05) is 0 Å². The molecule has 0 radical (unpaired) electrons. The van der Waals surface area contributed by atoms with Crippen molar-refractivity contribution in [3.63, 3.8) is 0 Å². The molecule has 0 bridgehead atoms. The summed E-state index contributed by atoms with van der Waals surface area (Å²) in [6, 6.07) is 8.32. The van der Waals surface area contributed by atoms with Gasteiger partial charge in [0.05, 0.1) is 6.04 Å². The molecule has 0 saturated carbocycles. The molecule has 0 aliphatic carbocycles. The van der Waals surface area contributed by atoms with Crippen molar-refractivity contribution < 1.29 is 41.4 Å². The zero-order valence-electron chi connectivity index (χ0n) is 15.0. The van der Waals surface area contributed by atoms with Crippen LogP contribution in [0.5, 0.6) is 5.75 Å². The van der Waals surface area contributed by atoms with Crippen LogP contribution in [0.15, 0.2) is 54.6 Å². The summed E-state index contributed by atoms with van der Waals surface area (Å²) >= 11 is 0. The lowest BCUT2D eigenvalue weighted by molar-refractivity contribution is -0.287. The summed E-state index contributed by atoms with van der Waals surface area (Å²) in [5, 5.41) is 14.0. The molecule has 1 aliphatic heterocycles. The fourth-order valence-electron chi connectivity index (χ4n) is 3.26. The molecular formula is C19H15F5N2O4. The lowest BCUT2D eigenvalue weighted by Gasteiger charge is -2.45. The highest BCUT2D eigenvalue weighted by Crippen LogP contribution is 2.44. The maximum atomic E-state index is 13.8. The van der Waals surface area contributed by atoms with Crippen LogP contribution in [0.2, 0.25) is 0 Å². The number of alkyl halides is 5. The summed E-state index contributed by atoms with van der Waals surface area (Å²) in [5.74, 6) is -3.56. The molecule has 1 fully saturated rings. The monoisotopic (exact) mass is 430 g/mol. The highest BCUT2D eigenvalue weighted by atomic mass is 19.4. The quantitative estimate of drug-likeness (QED) is 0.501. The second kappa shape index (κ2) is 7.90. The average Bonchev–Trinajstić information content (AvgIpc) is 2.67. The molecule has 11 heteroatoms. The van der Waals surface area contributed by atoms with E-state index in [-0.39, 0.29) is 16.9 Å². The summed E-state index contributed by atoms with van der Waals surface area (Å²) in [6.45, 7) is -3.11. The highest BCUT2D eigenvalue weighted by Gasteiger charge is 2.66. The van der Waals surface area contributed by atoms with Crippen LogP contribution in [0.4, 0.5) is 26.7 Å². The lowest BCUT2D eigenvalue weighted by atomic mass is 9.77. The first-order chi connectivity index (χ1) is 14.0. The van der Waals surface area contributed by atoms with Gasteiger partial charge in [-0.2, -0.15) is 22.0 Å². The van der Waals surface area contributed by atoms with Crippen LogP contribution in [-0.2, 0) is 0 Å². The first-order valence-corrected chi connectivity index (χ1v) is 8.55. The predicted molar refractivity (Wildman–Crippen MR) is 92.7 cm³/mol. The van der Waals surface area contributed by atoms with Gasteiger partial charge < -0.3 is 20.5 Å². The molecule has 2 amide bonds. The number of halogens is 5. The molecule has 0 unspecified atom stereocenters. The number of ether oxygens (including phenoxy) is 1. The minimum atomic E-state index is -5.39. The normalized spacial score (nSPS) is 24.2. The summed E-state index contributed by atoms with van der Waals surface area (Å²) < 4.78 is 70.2. The third kappa shape index (κ3) is 4.06. The molecule has 160 valence electrons. The number of rotatable bonds is 5. The third-order valence-electron chi connectivity index (χ3n) is 4.61. The summed E-state index contributed by atoms with van der Waals surface area (Å²) in [6.07, 6.45) is -5.39. The van der Waals surface area contributed by atoms with Gasteiger partial charge >= 0.3 is 18.8 Å². The number of nitrogens with one attached hydrogen (secondary N) is 2. The Hall–Kier alpha value is -3.21. The minimum Gasteiger partial charge on any atom is -0.435 e. The van der Waals surface area contributed by atoms with Gasteiger partial charge in [0.25, 0.3) is 0 Å². The smallest absolute Gasteiger partial charge is 0.435 e. The Labute approximate surface area is 166 Å². The van der Waals surface area contributed by atoms with E-state index in [1.807, 2.05) is 0 Å². The Balaban J connectivity index is 2.08. The first-order valence-electron chi connectivity index (χ1n) is 8.55. The van der Waals surface area contributed by atoms with Crippen molar-refractivity contribution in [2.45, 2.75) is 24.6 Å². The van der Waals surface area contributed by atoms with Gasteiger partial charge in [-0.1, -0.05) is 42.5 Å². The maximum absolute atomic E-state index is 13.8. The zero-order valence-corrected chi connectivity index (χ0v) is 15.0. The fraction of sp³-hybridized carbons (Fsp3) is 0.263. The number of Topliss-reactive ketones (excluding diaryl/α,β-unsaturated/α-hetero) is 1. The molecule has 3 rings (SSSR count). The number of urea groups is 1. The topological polar surface area (TPSA) is 87.7 Å². The van der Waals surface area contributed by atoms with Gasteiger partial charge in [0.2, 0.25) is 5.72 Å². The van der Waals surface area contributed by atoms with Crippen molar-refractivity contribution in [1.29, 1.82) is 0 Å². The molecule has 1 heterocycles. The fourth-order valence-corrected chi connectivity index (χ4v) is 3.26. The molecule has 0 spiro atoms. The first kappa shape index (κ1) is 21.5. The van der Waals surface area contributed by atoms with E-state index in [1.165, 1.54) is 29.6 Å². The Morgan fingerprint density at radius 2 is 1.67 bits per heavy atom. The number of carbonyl (C=O) groups excluding carboxylic acids is 2. The van der Waals surface area contributed by atoms with Crippen LogP contribution >= 0.6 is 0 Å². The lowest BCUT2D eigenvalue weighted by Crippen LogP contribution is -2.72. The van der Waals surface area contributed by atoms with Gasteiger partial charge in [0.1, 0.15) is 11.7 Å². The molecule has 3 N–H and O–H groups in total. The van der Waals surface area contributed by atoms with Crippen molar-refractivity contribution in [3.8, 4) is 5.75 Å². The van der Waals surface area contributed by atoms with E-state index < -0.39 is 42.3 Å². The number of hydrogen-bond acceptors (Lipinski definition) is 4. The second-order valence-corrected chi connectivity index (χ2v) is 6.50. The number of ketones is 1. The molecular weight excluding hydrogens is 415 g/mol. The van der Waals surface area contributed by atoms with Crippen LogP contribution in [-0.4, -0.2) is 35.4 Å². The maximum Gasteiger partial charge on any atom is 0.437 e. The molecule has 1 aliphatic rings. The van der Waals surface area contributed by atoms with Crippen LogP contribution in [0.3, 0.4) is 0 Å². The molecule has 6 nitrogen and oxygen atoms in total. The summed E-state index contributed by atoms with van der Waals surface area (Å²) in [4.78, 5) is 24.9. The zero-order chi connectivity index (χ0) is 22.1. The largest absolute Gasteiger partial charge is 0.437 e. The Kier molecular flexibility index (Phi) is 5.66. The Morgan fingerprint density at radius 1 is 1.07 bits per heavy atom. The molecule has 3 atom stereocenters. The van der Waals surface area contributed by atoms with E-state index in [9.17, 15) is 36.6 Å². The number of benzene rings is 2. The second-order valence-electron chi connectivity index (χ2n) is 6.50. The van der Waals surface area contributed by atoms with Gasteiger partial charge in [-0.05, 0) is 17.7 Å². The predicted octanol–water partition coefficient (Wildman–Crippen LogP) is 3.39. The van der Waals surface area contributed by atoms with Gasteiger partial charge in [-0.15, -0.1) is 0 Å². The van der Waals surface area contributed by atoms with E-state index in [4.69, 9.17) is 0 Å². The standard InChI is InChI=1S/C19H15F5N2O4/c20-16(21)30-12-8-6-10(7-9-12)14-13(15(27)11-4-2-1-3-5-11)18(29,19(22,23)24)26-17(28)25-14/h1-9,13-14,16,29H,(H2,25,26,28)/t13-,14+,18-/m1/s1. The molecule has 2 aromatic rings. The number of carbonyl (C=O) groups is 2. The van der Waals surface area contributed by atoms with Crippen LogP contribution in [0.25, 0.3) is 0 Å². The number of aliphatic hydroxyl groups is 1. The average molecular weight is 430 g/mol. The Morgan fingerprint density at radius 3 is 2.20 bits per heavy atom. The summed E-state index contributed by atoms with van der Waals surface area (Å²) in [7, 11) is 0. The molecule has 0 aromatic heterocycles. The summed E-state index contributed by atoms with van der Waals surface area (Å²) in [5.41, 5.74) is -4.01. The van der Waals surface area contributed by atoms with E-state index in [2.05, 4.69) is 10.1 Å². The number of amides is 2. The van der Waals surface area contributed by atoms with Crippen LogP contribution in [0.1, 0.15) is 22.0 Å². The van der Waals surface area contributed by atoms with Crippen LogP contribution < -0.4 is 15.4 Å². The van der Waals surface area contributed by atoms with Crippen molar-refractivity contribution in [2.24, 2.45) is 5.92 Å².